The highest BCUT2D eigenvalue weighted by molar-refractivity contribution is 5.17. The molecule has 1 rings (SSSR count). The van der Waals surface area contributed by atoms with E-state index in [4.69, 9.17) is 0 Å². The minimum Gasteiger partial charge on any atom is -0.382 e. The van der Waals surface area contributed by atoms with Gasteiger partial charge in [-0.15, -0.1) is 0 Å². The second-order valence-corrected chi connectivity index (χ2v) is 3.01. The van der Waals surface area contributed by atoms with E-state index in [9.17, 15) is 5.11 Å². The van der Waals surface area contributed by atoms with Gasteiger partial charge in [-0.25, -0.2) is 0 Å². The van der Waals surface area contributed by atoms with Crippen LogP contribution in [-0.2, 0) is 0 Å². The molecule has 1 aromatic rings. The molecule has 0 aliphatic rings. The van der Waals surface area contributed by atoms with Gasteiger partial charge in [-0.05, 0) is 31.1 Å². The average Bonchev–Trinajstić information content (AvgIpc) is 2.18. The van der Waals surface area contributed by atoms with E-state index in [1.165, 1.54) is 0 Å². The number of rotatable bonds is 3. The molecule has 1 unspecified atom stereocenters. The Morgan fingerprint density at radius 1 is 1.62 bits per heavy atom. The van der Waals surface area contributed by atoms with Crippen molar-refractivity contribution in [3.8, 4) is 0 Å². The van der Waals surface area contributed by atoms with Gasteiger partial charge in [-0.3, -0.25) is 4.98 Å². The third kappa shape index (κ3) is 2.67. The van der Waals surface area contributed by atoms with Crippen molar-refractivity contribution in [2.24, 2.45) is 0 Å². The molecule has 0 aromatic carbocycles. The van der Waals surface area contributed by atoms with E-state index in [1.54, 1.807) is 6.20 Å². The number of pyridine rings is 1. The van der Waals surface area contributed by atoms with Crippen molar-refractivity contribution < 1.29 is 5.11 Å². The molecule has 0 aliphatic carbocycles. The van der Waals surface area contributed by atoms with E-state index in [0.29, 0.717) is 5.69 Å². The van der Waals surface area contributed by atoms with Crippen LogP contribution >= 0.6 is 0 Å². The van der Waals surface area contributed by atoms with E-state index in [0.717, 1.165) is 12.0 Å². The van der Waals surface area contributed by atoms with E-state index >= 15 is 0 Å². The molecule has 0 spiro atoms. The number of nitrogens with zero attached hydrogens (tertiary/aromatic N) is 1. The third-order valence-electron chi connectivity index (χ3n) is 1.93. The predicted molar refractivity (Wildman–Crippen MR) is 53.2 cm³/mol. The molecule has 1 atom stereocenters. The van der Waals surface area contributed by atoms with Crippen LogP contribution in [0, 0.1) is 0 Å². The number of aliphatic hydroxyl groups is 1. The van der Waals surface area contributed by atoms with Crippen molar-refractivity contribution in [3.63, 3.8) is 0 Å². The quantitative estimate of drug-likeness (QED) is 0.719. The smallest absolute Gasteiger partial charge is 0.117 e. The summed E-state index contributed by atoms with van der Waals surface area (Å²) in [6, 6.07) is 5.55. The van der Waals surface area contributed by atoms with Crippen molar-refractivity contribution >= 4 is 0 Å². The molecule has 2 nitrogen and oxygen atoms in total. The first-order chi connectivity index (χ1) is 6.25. The molecule has 0 saturated heterocycles. The Hall–Kier alpha value is -1.15. The van der Waals surface area contributed by atoms with Gasteiger partial charge < -0.3 is 5.11 Å². The summed E-state index contributed by atoms with van der Waals surface area (Å²) >= 11 is 0. The Bertz CT molecular complexity index is 279. The van der Waals surface area contributed by atoms with E-state index < -0.39 is 6.10 Å². The van der Waals surface area contributed by atoms with Gasteiger partial charge in [-0.1, -0.05) is 19.1 Å². The number of allylic oxidation sites excluding steroid dienone is 1. The lowest BCUT2D eigenvalue weighted by Crippen LogP contribution is -2.00. The van der Waals surface area contributed by atoms with E-state index in [-0.39, 0.29) is 0 Å². The van der Waals surface area contributed by atoms with Crippen molar-refractivity contribution in [2.75, 3.05) is 0 Å². The molecule has 70 valence electrons. The highest BCUT2D eigenvalue weighted by Gasteiger charge is 2.08. The van der Waals surface area contributed by atoms with Gasteiger partial charge in [0.15, 0.2) is 0 Å². The standard InChI is InChI=1S/C11H15NO/c1-3-6-9(2)11(13)10-7-4-5-8-12-10/h4-8,11,13H,3H2,1-2H3/b9-6-. The molecule has 0 radical (unpaired) electrons. The zero-order valence-corrected chi connectivity index (χ0v) is 8.07. The summed E-state index contributed by atoms with van der Waals surface area (Å²) in [5.74, 6) is 0. The van der Waals surface area contributed by atoms with Crippen LogP contribution in [0.15, 0.2) is 36.0 Å². The zero-order chi connectivity index (χ0) is 9.68. The van der Waals surface area contributed by atoms with Crippen LogP contribution in [0.1, 0.15) is 32.1 Å². The summed E-state index contributed by atoms with van der Waals surface area (Å²) in [6.07, 6.45) is 4.09. The van der Waals surface area contributed by atoms with Gasteiger partial charge in [0.05, 0.1) is 5.69 Å². The molecule has 1 heterocycles. The first-order valence-electron chi connectivity index (χ1n) is 4.51. The molecule has 0 aliphatic heterocycles. The summed E-state index contributed by atoms with van der Waals surface area (Å²) in [5.41, 5.74) is 1.67. The van der Waals surface area contributed by atoms with Crippen LogP contribution in [0.2, 0.25) is 0 Å². The minimum absolute atomic E-state index is 0.554. The van der Waals surface area contributed by atoms with E-state index in [1.807, 2.05) is 31.2 Å². The highest BCUT2D eigenvalue weighted by atomic mass is 16.3. The molecular formula is C11H15NO. The SMILES string of the molecule is CC/C=C(/C)C(O)c1ccccn1. The van der Waals surface area contributed by atoms with E-state index in [2.05, 4.69) is 11.9 Å². The van der Waals surface area contributed by atoms with Crippen LogP contribution in [0.25, 0.3) is 0 Å². The zero-order valence-electron chi connectivity index (χ0n) is 8.07. The monoisotopic (exact) mass is 177 g/mol. The molecule has 0 saturated carbocycles. The molecule has 0 amide bonds. The van der Waals surface area contributed by atoms with Gasteiger partial charge in [0.1, 0.15) is 6.10 Å². The Labute approximate surface area is 78.9 Å². The Morgan fingerprint density at radius 2 is 2.38 bits per heavy atom. The Morgan fingerprint density at radius 3 is 2.92 bits per heavy atom. The minimum atomic E-state index is -0.554. The largest absolute Gasteiger partial charge is 0.382 e. The molecule has 0 fully saturated rings. The second-order valence-electron chi connectivity index (χ2n) is 3.01. The van der Waals surface area contributed by atoms with Crippen molar-refractivity contribution in [3.05, 3.63) is 41.7 Å². The first-order valence-corrected chi connectivity index (χ1v) is 4.51. The molecule has 13 heavy (non-hydrogen) atoms. The maximum absolute atomic E-state index is 9.79. The van der Waals surface area contributed by atoms with Crippen LogP contribution in [0.3, 0.4) is 0 Å². The molecule has 1 N–H and O–H groups in total. The third-order valence-corrected chi connectivity index (χ3v) is 1.93. The van der Waals surface area contributed by atoms with Gasteiger partial charge in [0.25, 0.3) is 0 Å². The predicted octanol–water partition coefficient (Wildman–Crippen LogP) is 2.47. The van der Waals surface area contributed by atoms with Crippen LogP contribution < -0.4 is 0 Å². The highest BCUT2D eigenvalue weighted by Crippen LogP contribution is 2.18. The van der Waals surface area contributed by atoms with Gasteiger partial charge in [-0.2, -0.15) is 0 Å². The lowest BCUT2D eigenvalue weighted by Gasteiger charge is -2.09. The maximum Gasteiger partial charge on any atom is 0.117 e. The molecule has 1 aromatic heterocycles. The van der Waals surface area contributed by atoms with Crippen LogP contribution in [0.4, 0.5) is 0 Å². The van der Waals surface area contributed by atoms with Gasteiger partial charge in [0.2, 0.25) is 0 Å². The Kier molecular flexibility index (Phi) is 3.65. The molecule has 0 bridgehead atoms. The number of hydrogen-bond acceptors (Lipinski definition) is 2. The van der Waals surface area contributed by atoms with Crippen LogP contribution in [0.5, 0.6) is 0 Å². The first kappa shape index (κ1) is 9.93. The fourth-order valence-corrected chi connectivity index (χ4v) is 1.20. The van der Waals surface area contributed by atoms with Gasteiger partial charge in [0, 0.05) is 6.20 Å². The van der Waals surface area contributed by atoms with Crippen molar-refractivity contribution in [1.29, 1.82) is 0 Å². The summed E-state index contributed by atoms with van der Waals surface area (Å²) in [4.78, 5) is 4.09. The lowest BCUT2D eigenvalue weighted by molar-refractivity contribution is 0.210. The fraction of sp³-hybridized carbons (Fsp3) is 0.364. The topological polar surface area (TPSA) is 33.1 Å². The van der Waals surface area contributed by atoms with Gasteiger partial charge >= 0.3 is 0 Å². The second kappa shape index (κ2) is 4.77. The fourth-order valence-electron chi connectivity index (χ4n) is 1.20. The summed E-state index contributed by atoms with van der Waals surface area (Å²) in [5, 5.41) is 9.79. The van der Waals surface area contributed by atoms with Crippen molar-refractivity contribution in [1.82, 2.24) is 4.98 Å². The van der Waals surface area contributed by atoms with Crippen molar-refractivity contribution in [2.45, 2.75) is 26.4 Å². The molecular weight excluding hydrogens is 162 g/mol. The number of aliphatic hydroxyl groups excluding tert-OH is 1. The normalized spacial score (nSPS) is 14.2. The summed E-state index contributed by atoms with van der Waals surface area (Å²) in [7, 11) is 0. The summed E-state index contributed by atoms with van der Waals surface area (Å²) in [6.45, 7) is 3.97. The average molecular weight is 177 g/mol. The lowest BCUT2D eigenvalue weighted by atomic mass is 10.1. The van der Waals surface area contributed by atoms with Crippen LogP contribution in [-0.4, -0.2) is 10.1 Å². The maximum atomic E-state index is 9.79. The Balaban J connectivity index is 2.79. The number of hydrogen-bond donors (Lipinski definition) is 1. The summed E-state index contributed by atoms with van der Waals surface area (Å²) < 4.78 is 0. The molecule has 2 heteroatoms. The number of aromatic nitrogens is 1.